The molecule has 0 saturated heterocycles. The molecule has 0 bridgehead atoms. The molecule has 1 heterocycles. The maximum Gasteiger partial charge on any atom is 0.453 e. The van der Waals surface area contributed by atoms with E-state index in [1.165, 1.54) is 50.6 Å². The molecule has 192 valence electrons. The minimum atomic E-state index is -5.03. The maximum absolute atomic E-state index is 13.8. The highest BCUT2D eigenvalue weighted by Gasteiger charge is 2.40. The summed E-state index contributed by atoms with van der Waals surface area (Å²) in [6.07, 6.45) is -5.03. The first kappa shape index (κ1) is 25.4. The van der Waals surface area contributed by atoms with Crippen LogP contribution in [0.15, 0.2) is 75.9 Å². The number of para-hydroxylation sites is 2. The number of carbonyl (C=O) groups excluding carboxylic acids is 1. The van der Waals surface area contributed by atoms with Gasteiger partial charge in [0.2, 0.25) is 11.2 Å². The third-order valence-corrected chi connectivity index (χ3v) is 5.11. The largest absolute Gasteiger partial charge is 0.497 e. The van der Waals surface area contributed by atoms with E-state index in [9.17, 15) is 22.8 Å². The van der Waals surface area contributed by atoms with E-state index in [-0.39, 0.29) is 22.5 Å². The van der Waals surface area contributed by atoms with Gasteiger partial charge in [0, 0.05) is 6.07 Å². The van der Waals surface area contributed by atoms with Crippen molar-refractivity contribution in [3.63, 3.8) is 0 Å². The number of anilines is 1. The van der Waals surface area contributed by atoms with Gasteiger partial charge >= 0.3 is 6.18 Å². The zero-order chi connectivity index (χ0) is 26.6. The number of benzene rings is 3. The van der Waals surface area contributed by atoms with E-state index < -0.39 is 35.6 Å². The van der Waals surface area contributed by atoms with Crippen LogP contribution in [0.4, 0.5) is 18.9 Å². The highest BCUT2D eigenvalue weighted by atomic mass is 19.4. The minimum Gasteiger partial charge on any atom is -0.497 e. The molecule has 1 aromatic heterocycles. The van der Waals surface area contributed by atoms with Gasteiger partial charge in [-0.1, -0.05) is 12.1 Å². The van der Waals surface area contributed by atoms with E-state index in [0.717, 1.165) is 6.07 Å². The van der Waals surface area contributed by atoms with Crippen molar-refractivity contribution in [2.24, 2.45) is 0 Å². The van der Waals surface area contributed by atoms with E-state index >= 15 is 0 Å². The first-order valence-corrected chi connectivity index (χ1v) is 10.7. The Morgan fingerprint density at radius 2 is 1.59 bits per heavy atom. The van der Waals surface area contributed by atoms with Crippen LogP contribution in [0.1, 0.15) is 5.76 Å². The number of rotatable bonds is 8. The van der Waals surface area contributed by atoms with Gasteiger partial charge in [-0.15, -0.1) is 0 Å². The molecule has 0 aliphatic rings. The quantitative estimate of drug-likeness (QED) is 0.325. The van der Waals surface area contributed by atoms with E-state index in [4.69, 9.17) is 23.4 Å². The van der Waals surface area contributed by atoms with Gasteiger partial charge in [0.1, 0.15) is 28.6 Å². The Morgan fingerprint density at radius 3 is 2.27 bits per heavy atom. The fourth-order valence-electron chi connectivity index (χ4n) is 3.37. The Hall–Kier alpha value is -4.67. The van der Waals surface area contributed by atoms with Gasteiger partial charge in [0.25, 0.3) is 11.7 Å². The summed E-state index contributed by atoms with van der Waals surface area (Å²) in [6.45, 7) is -0.460. The Bertz CT molecular complexity index is 1480. The highest BCUT2D eigenvalue weighted by molar-refractivity contribution is 5.93. The van der Waals surface area contributed by atoms with Gasteiger partial charge in [-0.3, -0.25) is 9.59 Å². The van der Waals surface area contributed by atoms with Crippen LogP contribution >= 0.6 is 0 Å². The number of hydrogen-bond acceptors (Lipinski definition) is 7. The lowest BCUT2D eigenvalue weighted by atomic mass is 10.2. The van der Waals surface area contributed by atoms with Crippen molar-refractivity contribution in [1.29, 1.82) is 0 Å². The molecule has 0 radical (unpaired) electrons. The summed E-state index contributed by atoms with van der Waals surface area (Å²) in [5, 5.41) is 2.44. The second-order valence-corrected chi connectivity index (χ2v) is 7.56. The first-order chi connectivity index (χ1) is 17.7. The Kier molecular flexibility index (Phi) is 7.23. The Morgan fingerprint density at radius 1 is 0.919 bits per heavy atom. The zero-order valence-corrected chi connectivity index (χ0v) is 19.5. The number of halogens is 3. The van der Waals surface area contributed by atoms with Crippen LogP contribution in [0.2, 0.25) is 0 Å². The van der Waals surface area contributed by atoms with Crippen molar-refractivity contribution in [1.82, 2.24) is 0 Å². The van der Waals surface area contributed by atoms with Gasteiger partial charge in [-0.05, 0) is 48.5 Å². The zero-order valence-electron chi connectivity index (χ0n) is 19.5. The Labute approximate surface area is 208 Å². The number of amides is 1. The molecule has 4 rings (SSSR count). The number of fused-ring (bicyclic) bond motifs is 1. The van der Waals surface area contributed by atoms with E-state index in [1.54, 1.807) is 24.3 Å². The summed E-state index contributed by atoms with van der Waals surface area (Å²) in [5.41, 5.74) is -0.991. The fourth-order valence-corrected chi connectivity index (χ4v) is 3.37. The number of alkyl halides is 3. The molecule has 11 heteroatoms. The van der Waals surface area contributed by atoms with E-state index in [2.05, 4.69) is 5.32 Å². The van der Waals surface area contributed by atoms with Crippen molar-refractivity contribution in [3.8, 4) is 28.7 Å². The molecule has 1 N–H and O–H groups in total. The molecular formula is C26H20F3NO7. The molecule has 3 aromatic carbocycles. The summed E-state index contributed by atoms with van der Waals surface area (Å²) in [4.78, 5) is 25.2. The topological polar surface area (TPSA) is 96.2 Å². The van der Waals surface area contributed by atoms with Gasteiger partial charge in [-0.2, -0.15) is 13.2 Å². The lowest BCUT2D eigenvalue weighted by molar-refractivity contribution is -0.154. The average molecular weight is 515 g/mol. The number of ether oxygens (including phenoxy) is 4. The summed E-state index contributed by atoms with van der Waals surface area (Å²) >= 11 is 0. The fraction of sp³-hybridized carbons (Fsp3) is 0.154. The second kappa shape index (κ2) is 10.5. The van der Waals surface area contributed by atoms with Crippen LogP contribution in [-0.4, -0.2) is 26.7 Å². The number of carbonyl (C=O) groups is 1. The van der Waals surface area contributed by atoms with Crippen LogP contribution in [-0.2, 0) is 11.0 Å². The highest BCUT2D eigenvalue weighted by Crippen LogP contribution is 2.39. The van der Waals surface area contributed by atoms with Gasteiger partial charge in [0.15, 0.2) is 6.61 Å². The van der Waals surface area contributed by atoms with Crippen LogP contribution in [0.5, 0.6) is 28.7 Å². The second-order valence-electron chi connectivity index (χ2n) is 7.56. The molecule has 0 spiro atoms. The SMILES string of the molecule is COc1ccc(Oc2c(C(F)(F)F)oc3cc(OCC(=O)Nc4ccccc4OC)ccc3c2=O)cc1. The van der Waals surface area contributed by atoms with Crippen LogP contribution in [0.25, 0.3) is 11.0 Å². The maximum atomic E-state index is 13.8. The van der Waals surface area contributed by atoms with Crippen molar-refractivity contribution >= 4 is 22.6 Å². The van der Waals surface area contributed by atoms with E-state index in [1.807, 2.05) is 0 Å². The monoisotopic (exact) mass is 515 g/mol. The first-order valence-electron chi connectivity index (χ1n) is 10.7. The van der Waals surface area contributed by atoms with Gasteiger partial charge in [-0.25, -0.2) is 0 Å². The molecule has 8 nitrogen and oxygen atoms in total. The molecule has 0 unspecified atom stereocenters. The molecule has 0 aliphatic heterocycles. The molecule has 0 atom stereocenters. The van der Waals surface area contributed by atoms with Crippen LogP contribution in [0, 0.1) is 0 Å². The third kappa shape index (κ3) is 5.77. The molecule has 4 aromatic rings. The summed E-state index contributed by atoms with van der Waals surface area (Å²) < 4.78 is 67.2. The summed E-state index contributed by atoms with van der Waals surface area (Å²) in [5.74, 6) is -2.25. The average Bonchev–Trinajstić information content (AvgIpc) is 2.89. The third-order valence-electron chi connectivity index (χ3n) is 5.11. The molecule has 0 aliphatic carbocycles. The molecule has 0 saturated carbocycles. The van der Waals surface area contributed by atoms with Crippen molar-refractivity contribution < 1.29 is 41.3 Å². The smallest absolute Gasteiger partial charge is 0.453 e. The predicted octanol–water partition coefficient (Wildman–Crippen LogP) is 5.64. The number of hydrogen-bond donors (Lipinski definition) is 1. The molecule has 0 fully saturated rings. The van der Waals surface area contributed by atoms with Gasteiger partial charge in [0.05, 0.1) is 25.3 Å². The summed E-state index contributed by atoms with van der Waals surface area (Å²) in [7, 11) is 2.88. The van der Waals surface area contributed by atoms with Crippen molar-refractivity contribution in [2.45, 2.75) is 6.18 Å². The molecular weight excluding hydrogens is 495 g/mol. The van der Waals surface area contributed by atoms with Crippen molar-refractivity contribution in [3.05, 3.63) is 82.7 Å². The molecule has 1 amide bonds. The molecule has 37 heavy (non-hydrogen) atoms. The standard InChI is InChI=1S/C26H20F3NO7/c1-33-15-7-9-16(10-8-15)36-24-23(32)18-12-11-17(13-21(18)37-25(24)26(27,28)29)35-14-22(31)30-19-5-3-4-6-20(19)34-2/h3-13H,14H2,1-2H3,(H,30,31). The minimum absolute atomic E-state index is 0.0148. The number of nitrogens with one attached hydrogen (secondary N) is 1. The predicted molar refractivity (Wildman–Crippen MR) is 128 cm³/mol. The van der Waals surface area contributed by atoms with E-state index in [0.29, 0.717) is 17.2 Å². The van der Waals surface area contributed by atoms with Crippen LogP contribution < -0.4 is 29.7 Å². The number of methoxy groups -OCH3 is 2. The van der Waals surface area contributed by atoms with Crippen molar-refractivity contribution in [2.75, 3.05) is 26.1 Å². The van der Waals surface area contributed by atoms with Gasteiger partial charge < -0.3 is 28.7 Å². The normalized spacial score (nSPS) is 11.2. The Balaban J connectivity index is 1.59. The summed E-state index contributed by atoms with van der Waals surface area (Å²) in [6, 6.07) is 16.0. The lowest BCUT2D eigenvalue weighted by Gasteiger charge is -2.14. The lowest BCUT2D eigenvalue weighted by Crippen LogP contribution is -2.20. The van der Waals surface area contributed by atoms with Crippen LogP contribution in [0.3, 0.4) is 0 Å².